The lowest BCUT2D eigenvalue weighted by molar-refractivity contribution is 0.677. The van der Waals surface area contributed by atoms with E-state index in [2.05, 4.69) is 19.9 Å². The van der Waals surface area contributed by atoms with Gasteiger partial charge >= 0.3 is 0 Å². The van der Waals surface area contributed by atoms with Crippen LogP contribution in [-0.2, 0) is 16.6 Å². The number of imidazole rings is 1. The Labute approximate surface area is 106 Å². The topological polar surface area (TPSA) is 71.5 Å². The molecular formula is C12H10N4OS. The fourth-order valence-electron chi connectivity index (χ4n) is 1.63. The lowest BCUT2D eigenvalue weighted by atomic mass is 10.3. The Hall–Kier alpha value is -2.08. The van der Waals surface area contributed by atoms with Gasteiger partial charge in [0.15, 0.2) is 10.8 Å². The summed E-state index contributed by atoms with van der Waals surface area (Å²) in [7, 11) is -1.20. The van der Waals surface area contributed by atoms with Crippen molar-refractivity contribution in [1.29, 1.82) is 0 Å². The first-order valence-corrected chi connectivity index (χ1v) is 6.73. The summed E-state index contributed by atoms with van der Waals surface area (Å²) < 4.78 is 12.2. The van der Waals surface area contributed by atoms with E-state index in [0.717, 1.165) is 11.1 Å². The zero-order chi connectivity index (χ0) is 12.4. The predicted octanol–water partition coefficient (Wildman–Crippen LogP) is 1.66. The van der Waals surface area contributed by atoms with Gasteiger partial charge in [0, 0.05) is 18.6 Å². The molecule has 0 radical (unpaired) electrons. The maximum Gasteiger partial charge on any atom is 0.199 e. The summed E-state index contributed by atoms with van der Waals surface area (Å²) in [5.74, 6) is 0.419. The molecule has 0 amide bonds. The van der Waals surface area contributed by atoms with Gasteiger partial charge in [0.05, 0.1) is 22.1 Å². The summed E-state index contributed by atoms with van der Waals surface area (Å²) in [6.45, 7) is 0. The molecule has 3 rings (SSSR count). The molecule has 3 heterocycles. The van der Waals surface area contributed by atoms with Crippen molar-refractivity contribution in [1.82, 2.24) is 19.9 Å². The van der Waals surface area contributed by atoms with Crippen LogP contribution in [0, 0.1) is 0 Å². The fourth-order valence-corrected chi connectivity index (χ4v) is 2.67. The maximum absolute atomic E-state index is 12.2. The molecule has 1 N–H and O–H groups in total. The van der Waals surface area contributed by atoms with Gasteiger partial charge in [-0.1, -0.05) is 0 Å². The van der Waals surface area contributed by atoms with Crippen molar-refractivity contribution in [2.24, 2.45) is 0 Å². The van der Waals surface area contributed by atoms with E-state index in [4.69, 9.17) is 0 Å². The first kappa shape index (κ1) is 11.0. The quantitative estimate of drug-likeness (QED) is 0.775. The number of pyridine rings is 2. The van der Waals surface area contributed by atoms with Crippen LogP contribution < -0.4 is 0 Å². The molecule has 0 aliphatic heterocycles. The Morgan fingerprint density at radius 1 is 1.17 bits per heavy atom. The lowest BCUT2D eigenvalue weighted by Gasteiger charge is -1.98. The van der Waals surface area contributed by atoms with Crippen molar-refractivity contribution in [2.45, 2.75) is 10.9 Å². The summed E-state index contributed by atoms with van der Waals surface area (Å²) in [6.07, 6.45) is 5.04. The van der Waals surface area contributed by atoms with Crippen molar-refractivity contribution < 1.29 is 4.21 Å². The molecule has 1 atom stereocenters. The van der Waals surface area contributed by atoms with E-state index in [-0.39, 0.29) is 0 Å². The third kappa shape index (κ3) is 2.14. The normalized spacial score (nSPS) is 12.7. The Balaban J connectivity index is 1.88. The van der Waals surface area contributed by atoms with E-state index >= 15 is 0 Å². The van der Waals surface area contributed by atoms with Crippen molar-refractivity contribution in [3.63, 3.8) is 0 Å². The van der Waals surface area contributed by atoms with E-state index in [0.29, 0.717) is 16.6 Å². The molecule has 0 saturated heterocycles. The first-order valence-electron chi connectivity index (χ1n) is 5.41. The van der Waals surface area contributed by atoms with E-state index in [9.17, 15) is 4.21 Å². The number of fused-ring (bicyclic) bond motifs is 1. The molecule has 0 aliphatic rings. The molecule has 0 saturated carbocycles. The van der Waals surface area contributed by atoms with Crippen molar-refractivity contribution in [3.05, 3.63) is 48.4 Å². The van der Waals surface area contributed by atoms with Crippen molar-refractivity contribution >= 4 is 22.0 Å². The van der Waals surface area contributed by atoms with E-state index in [1.807, 2.05) is 24.3 Å². The minimum atomic E-state index is -1.20. The van der Waals surface area contributed by atoms with Gasteiger partial charge in [-0.2, -0.15) is 0 Å². The molecule has 0 aliphatic carbocycles. The second-order valence-electron chi connectivity index (χ2n) is 3.76. The number of nitrogens with zero attached hydrogens (tertiary/aromatic N) is 3. The average molecular weight is 258 g/mol. The van der Waals surface area contributed by atoms with Crippen LogP contribution in [-0.4, -0.2) is 24.1 Å². The molecule has 3 aromatic rings. The first-order chi connectivity index (χ1) is 8.83. The van der Waals surface area contributed by atoms with Gasteiger partial charge in [-0.3, -0.25) is 9.19 Å². The molecule has 0 fully saturated rings. The molecule has 18 heavy (non-hydrogen) atoms. The smallest absolute Gasteiger partial charge is 0.199 e. The van der Waals surface area contributed by atoms with Gasteiger partial charge in [-0.05, 0) is 29.8 Å². The Kier molecular flexibility index (Phi) is 2.85. The number of H-pyrrole nitrogens is 1. The molecular weight excluding hydrogens is 248 g/mol. The minimum Gasteiger partial charge on any atom is -0.329 e. The van der Waals surface area contributed by atoms with Gasteiger partial charge in [-0.25, -0.2) is 9.97 Å². The van der Waals surface area contributed by atoms with E-state index in [1.165, 1.54) is 0 Å². The molecule has 0 aromatic carbocycles. The highest BCUT2D eigenvalue weighted by Gasteiger charge is 2.10. The predicted molar refractivity (Wildman–Crippen MR) is 68.2 cm³/mol. The Morgan fingerprint density at radius 3 is 2.78 bits per heavy atom. The van der Waals surface area contributed by atoms with Gasteiger partial charge in [0.2, 0.25) is 0 Å². The molecule has 5 nitrogen and oxygen atoms in total. The molecule has 90 valence electrons. The van der Waals surface area contributed by atoms with Crippen LogP contribution in [0.1, 0.15) is 5.56 Å². The third-order valence-electron chi connectivity index (χ3n) is 2.50. The van der Waals surface area contributed by atoms with Gasteiger partial charge in [0.1, 0.15) is 0 Å². The summed E-state index contributed by atoms with van der Waals surface area (Å²) in [5, 5.41) is 0.459. The van der Waals surface area contributed by atoms with E-state index < -0.39 is 10.8 Å². The molecule has 0 spiro atoms. The van der Waals surface area contributed by atoms with Crippen LogP contribution >= 0.6 is 0 Å². The number of aromatic nitrogens is 4. The highest BCUT2D eigenvalue weighted by Crippen LogP contribution is 2.13. The van der Waals surface area contributed by atoms with Crippen LogP contribution in [0.15, 0.2) is 48.0 Å². The van der Waals surface area contributed by atoms with Gasteiger partial charge < -0.3 is 4.98 Å². The molecule has 3 aromatic heterocycles. The molecule has 6 heteroatoms. The average Bonchev–Trinajstić information content (AvgIpc) is 2.84. The van der Waals surface area contributed by atoms with Gasteiger partial charge in [-0.15, -0.1) is 0 Å². The molecule has 1 unspecified atom stereocenters. The summed E-state index contributed by atoms with van der Waals surface area (Å²) in [4.78, 5) is 15.3. The maximum atomic E-state index is 12.2. The fraction of sp³-hybridized carbons (Fsp3) is 0.0833. The zero-order valence-corrected chi connectivity index (χ0v) is 10.2. The standard InChI is InChI=1S/C12H10N4OS/c17-18(8-9-3-6-13-7-4-9)12-15-10-2-1-5-14-11(10)16-12/h1-7H,8H2,(H,14,15,16). The highest BCUT2D eigenvalue weighted by molar-refractivity contribution is 7.84. The van der Waals surface area contributed by atoms with Crippen molar-refractivity contribution in [3.8, 4) is 0 Å². The SMILES string of the molecule is O=S(Cc1ccncc1)c1nc2ncccc2[nH]1. The zero-order valence-electron chi connectivity index (χ0n) is 9.41. The number of hydrogen-bond acceptors (Lipinski definition) is 4. The van der Waals surface area contributed by atoms with E-state index in [1.54, 1.807) is 18.6 Å². The minimum absolute atomic E-state index is 0.419. The van der Waals surface area contributed by atoms with Crippen LogP contribution in [0.3, 0.4) is 0 Å². The van der Waals surface area contributed by atoms with Gasteiger partial charge in [0.25, 0.3) is 0 Å². The second kappa shape index (κ2) is 4.66. The monoisotopic (exact) mass is 258 g/mol. The summed E-state index contributed by atoms with van der Waals surface area (Å²) in [6, 6.07) is 7.37. The highest BCUT2D eigenvalue weighted by atomic mass is 32.2. The lowest BCUT2D eigenvalue weighted by Crippen LogP contribution is -1.98. The summed E-state index contributed by atoms with van der Waals surface area (Å²) in [5.41, 5.74) is 2.36. The number of rotatable bonds is 3. The van der Waals surface area contributed by atoms with Crippen LogP contribution in [0.2, 0.25) is 0 Å². The largest absolute Gasteiger partial charge is 0.329 e. The third-order valence-corrected chi connectivity index (χ3v) is 3.72. The second-order valence-corrected chi connectivity index (χ2v) is 5.13. The number of nitrogens with one attached hydrogen (secondary N) is 1. The van der Waals surface area contributed by atoms with Crippen LogP contribution in [0.25, 0.3) is 11.2 Å². The Morgan fingerprint density at radius 2 is 2.00 bits per heavy atom. The number of hydrogen-bond donors (Lipinski definition) is 1. The summed E-state index contributed by atoms with van der Waals surface area (Å²) >= 11 is 0. The van der Waals surface area contributed by atoms with Crippen LogP contribution in [0.5, 0.6) is 0 Å². The Bertz CT molecular complexity index is 662. The van der Waals surface area contributed by atoms with Crippen molar-refractivity contribution in [2.75, 3.05) is 0 Å². The van der Waals surface area contributed by atoms with Crippen LogP contribution in [0.4, 0.5) is 0 Å². The molecule has 0 bridgehead atoms. The number of aromatic amines is 1.